The molecule has 0 saturated heterocycles. The first kappa shape index (κ1) is 17.4. The second-order valence-corrected chi connectivity index (χ2v) is 5.69. The third-order valence-corrected chi connectivity index (χ3v) is 3.90. The number of hydrogen-bond donors (Lipinski definition) is 1. The molecule has 122 valence electrons. The Morgan fingerprint density at radius 3 is 2.26 bits per heavy atom. The highest BCUT2D eigenvalue weighted by Gasteiger charge is 2.10. The molecular formula is C17H17Cl2NO3. The van der Waals surface area contributed by atoms with Crippen molar-refractivity contribution in [3.8, 4) is 11.5 Å². The van der Waals surface area contributed by atoms with Gasteiger partial charge in [0.15, 0.2) is 0 Å². The molecular weight excluding hydrogens is 337 g/mol. The van der Waals surface area contributed by atoms with E-state index in [1.165, 1.54) is 0 Å². The number of rotatable bonds is 6. The number of hydrogen-bond acceptors (Lipinski definition) is 3. The molecule has 0 heterocycles. The molecule has 0 unspecified atom stereocenters. The minimum absolute atomic E-state index is 0.202. The lowest BCUT2D eigenvalue weighted by atomic mass is 10.1. The third kappa shape index (κ3) is 4.78. The van der Waals surface area contributed by atoms with Gasteiger partial charge < -0.3 is 14.8 Å². The summed E-state index contributed by atoms with van der Waals surface area (Å²) in [6.07, 6.45) is 0.614. The third-order valence-electron chi connectivity index (χ3n) is 3.31. The number of amides is 1. The maximum atomic E-state index is 12.2. The maximum absolute atomic E-state index is 12.2. The smallest absolute Gasteiger partial charge is 0.251 e. The van der Waals surface area contributed by atoms with E-state index in [-0.39, 0.29) is 5.91 Å². The van der Waals surface area contributed by atoms with E-state index >= 15 is 0 Å². The van der Waals surface area contributed by atoms with Crippen LogP contribution < -0.4 is 14.8 Å². The highest BCUT2D eigenvalue weighted by molar-refractivity contribution is 6.35. The number of carbonyl (C=O) groups excluding carboxylic acids is 1. The van der Waals surface area contributed by atoms with Gasteiger partial charge in [-0.25, -0.2) is 0 Å². The van der Waals surface area contributed by atoms with Crippen LogP contribution in [0, 0.1) is 0 Å². The number of benzene rings is 2. The molecule has 2 aromatic carbocycles. The summed E-state index contributed by atoms with van der Waals surface area (Å²) in [4.78, 5) is 12.2. The number of nitrogens with one attached hydrogen (secondary N) is 1. The molecule has 0 saturated carbocycles. The van der Waals surface area contributed by atoms with Crippen LogP contribution >= 0.6 is 23.2 Å². The summed E-state index contributed by atoms with van der Waals surface area (Å²) in [5.41, 5.74) is 1.41. The van der Waals surface area contributed by atoms with E-state index in [1.807, 2.05) is 6.07 Å². The second-order valence-electron chi connectivity index (χ2n) is 4.84. The van der Waals surface area contributed by atoms with Crippen molar-refractivity contribution >= 4 is 29.1 Å². The van der Waals surface area contributed by atoms with Gasteiger partial charge in [-0.15, -0.1) is 0 Å². The van der Waals surface area contributed by atoms with Crippen LogP contribution in [0.25, 0.3) is 0 Å². The quantitative estimate of drug-likeness (QED) is 0.854. The summed E-state index contributed by atoms with van der Waals surface area (Å²) < 4.78 is 10.3. The van der Waals surface area contributed by atoms with Crippen molar-refractivity contribution in [3.63, 3.8) is 0 Å². The lowest BCUT2D eigenvalue weighted by Gasteiger charge is -2.10. The van der Waals surface area contributed by atoms with Crippen LogP contribution in [0.4, 0.5) is 0 Å². The molecule has 0 aromatic heterocycles. The van der Waals surface area contributed by atoms with Crippen molar-refractivity contribution in [2.45, 2.75) is 6.42 Å². The fourth-order valence-corrected chi connectivity index (χ4v) is 2.58. The minimum Gasteiger partial charge on any atom is -0.497 e. The maximum Gasteiger partial charge on any atom is 0.251 e. The summed E-state index contributed by atoms with van der Waals surface area (Å²) in [6.45, 7) is 0.458. The largest absolute Gasteiger partial charge is 0.497 e. The van der Waals surface area contributed by atoms with Crippen LogP contribution in [0.15, 0.2) is 36.4 Å². The number of methoxy groups -OCH3 is 2. The molecule has 0 atom stereocenters. The molecule has 1 amide bonds. The standard InChI is InChI=1S/C17H17Cl2NO3/c1-22-14-7-12(8-15(10-14)23-2)17(21)20-6-5-11-3-4-13(18)9-16(11)19/h3-4,7-10H,5-6H2,1-2H3,(H,20,21). The monoisotopic (exact) mass is 353 g/mol. The van der Waals surface area contributed by atoms with Crippen molar-refractivity contribution in [3.05, 3.63) is 57.6 Å². The van der Waals surface area contributed by atoms with Gasteiger partial charge in [0, 0.05) is 28.2 Å². The molecule has 0 aliphatic heterocycles. The molecule has 23 heavy (non-hydrogen) atoms. The first-order valence-corrected chi connectivity index (χ1v) is 7.74. The van der Waals surface area contributed by atoms with Crippen LogP contribution in [-0.2, 0) is 6.42 Å². The number of carbonyl (C=O) groups is 1. The fraction of sp³-hybridized carbons (Fsp3) is 0.235. The van der Waals surface area contributed by atoms with Crippen molar-refractivity contribution in [2.24, 2.45) is 0 Å². The van der Waals surface area contributed by atoms with Gasteiger partial charge in [0.05, 0.1) is 14.2 Å². The molecule has 2 rings (SSSR count). The van der Waals surface area contributed by atoms with Gasteiger partial charge in [0.25, 0.3) is 5.91 Å². The summed E-state index contributed by atoms with van der Waals surface area (Å²) >= 11 is 12.0. The zero-order chi connectivity index (χ0) is 16.8. The van der Waals surface area contributed by atoms with Gasteiger partial charge in [0.2, 0.25) is 0 Å². The van der Waals surface area contributed by atoms with Crippen molar-refractivity contribution in [1.82, 2.24) is 5.32 Å². The lowest BCUT2D eigenvalue weighted by molar-refractivity contribution is 0.0953. The Kier molecular flexibility index (Phi) is 6.13. The molecule has 1 N–H and O–H groups in total. The van der Waals surface area contributed by atoms with Crippen LogP contribution in [0.5, 0.6) is 11.5 Å². The van der Waals surface area contributed by atoms with Gasteiger partial charge in [-0.3, -0.25) is 4.79 Å². The van der Waals surface area contributed by atoms with Crippen LogP contribution in [0.1, 0.15) is 15.9 Å². The van der Waals surface area contributed by atoms with E-state index in [0.717, 1.165) is 5.56 Å². The molecule has 4 nitrogen and oxygen atoms in total. The van der Waals surface area contributed by atoms with E-state index in [2.05, 4.69) is 5.32 Å². The molecule has 0 aliphatic rings. The minimum atomic E-state index is -0.202. The van der Waals surface area contributed by atoms with Gasteiger partial charge in [-0.2, -0.15) is 0 Å². The van der Waals surface area contributed by atoms with Crippen LogP contribution in [0.2, 0.25) is 10.0 Å². The Morgan fingerprint density at radius 2 is 1.70 bits per heavy atom. The summed E-state index contributed by atoms with van der Waals surface area (Å²) in [7, 11) is 3.08. The molecule has 0 aliphatic carbocycles. The van der Waals surface area contributed by atoms with Crippen LogP contribution in [-0.4, -0.2) is 26.7 Å². The Hall–Kier alpha value is -1.91. The predicted molar refractivity (Wildman–Crippen MR) is 92.0 cm³/mol. The second kappa shape index (κ2) is 8.09. The zero-order valence-corrected chi connectivity index (χ0v) is 14.4. The van der Waals surface area contributed by atoms with Crippen molar-refractivity contribution in [1.29, 1.82) is 0 Å². The lowest BCUT2D eigenvalue weighted by Crippen LogP contribution is -2.25. The van der Waals surface area contributed by atoms with E-state index in [1.54, 1.807) is 44.6 Å². The molecule has 0 fully saturated rings. The fourth-order valence-electron chi connectivity index (χ4n) is 2.08. The normalized spacial score (nSPS) is 10.3. The summed E-state index contributed by atoms with van der Waals surface area (Å²) in [6, 6.07) is 10.3. The average Bonchev–Trinajstić information content (AvgIpc) is 2.56. The Morgan fingerprint density at radius 1 is 1.04 bits per heavy atom. The first-order chi connectivity index (χ1) is 11.0. The molecule has 0 bridgehead atoms. The highest BCUT2D eigenvalue weighted by Crippen LogP contribution is 2.23. The van der Waals surface area contributed by atoms with E-state index in [0.29, 0.717) is 40.1 Å². The van der Waals surface area contributed by atoms with Gasteiger partial charge in [-0.1, -0.05) is 29.3 Å². The Balaban J connectivity index is 1.99. The van der Waals surface area contributed by atoms with Crippen molar-refractivity contribution < 1.29 is 14.3 Å². The first-order valence-electron chi connectivity index (χ1n) is 6.98. The SMILES string of the molecule is COc1cc(OC)cc(C(=O)NCCc2ccc(Cl)cc2Cl)c1. The predicted octanol–water partition coefficient (Wildman–Crippen LogP) is 3.98. The molecule has 0 radical (unpaired) electrons. The topological polar surface area (TPSA) is 47.6 Å². The average molecular weight is 354 g/mol. The number of halogens is 2. The Labute approximate surface area is 145 Å². The van der Waals surface area contributed by atoms with Crippen LogP contribution in [0.3, 0.4) is 0 Å². The van der Waals surface area contributed by atoms with Gasteiger partial charge >= 0.3 is 0 Å². The Bertz CT molecular complexity index is 682. The molecule has 2 aromatic rings. The zero-order valence-electron chi connectivity index (χ0n) is 12.9. The summed E-state index contributed by atoms with van der Waals surface area (Å²) in [5.74, 6) is 0.928. The van der Waals surface area contributed by atoms with E-state index < -0.39 is 0 Å². The van der Waals surface area contributed by atoms with Crippen molar-refractivity contribution in [2.75, 3.05) is 20.8 Å². The molecule has 6 heteroatoms. The van der Waals surface area contributed by atoms with Gasteiger partial charge in [-0.05, 0) is 36.2 Å². The van der Waals surface area contributed by atoms with Gasteiger partial charge in [0.1, 0.15) is 11.5 Å². The summed E-state index contributed by atoms with van der Waals surface area (Å²) in [5, 5.41) is 4.03. The van der Waals surface area contributed by atoms with E-state index in [9.17, 15) is 4.79 Å². The number of ether oxygens (including phenoxy) is 2. The highest BCUT2D eigenvalue weighted by atomic mass is 35.5. The molecule has 0 spiro atoms. The van der Waals surface area contributed by atoms with E-state index in [4.69, 9.17) is 32.7 Å².